The molecule has 0 bridgehead atoms. The van der Waals surface area contributed by atoms with E-state index in [9.17, 15) is 19.5 Å². The molecule has 1 saturated heterocycles. The normalized spacial score (nSPS) is 16.0. The van der Waals surface area contributed by atoms with Crippen LogP contribution in [0, 0.1) is 12.3 Å². The molecule has 0 aliphatic carbocycles. The van der Waals surface area contributed by atoms with Gasteiger partial charge in [-0.1, -0.05) is 63.2 Å². The van der Waals surface area contributed by atoms with Crippen molar-refractivity contribution in [1.29, 1.82) is 0 Å². The summed E-state index contributed by atoms with van der Waals surface area (Å²) in [5, 5.41) is 17.4. The average Bonchev–Trinajstić information content (AvgIpc) is 3.92. The third kappa shape index (κ3) is 14.0. The summed E-state index contributed by atoms with van der Waals surface area (Å²) in [5.41, 5.74) is 8.06. The third-order valence-corrected chi connectivity index (χ3v) is 12.2. The Balaban J connectivity index is 0.817. The molecule has 2 aromatic heterocycles. The van der Waals surface area contributed by atoms with E-state index in [0.717, 1.165) is 55.3 Å². The number of rotatable bonds is 23. The first-order chi connectivity index (χ1) is 31.7. The number of fused-ring (bicyclic) bond motifs is 1. The van der Waals surface area contributed by atoms with Crippen LogP contribution in [0.25, 0.3) is 32.6 Å². The van der Waals surface area contributed by atoms with Gasteiger partial charge < -0.3 is 49.2 Å². The summed E-state index contributed by atoms with van der Waals surface area (Å²) in [6.45, 7) is 11.8. The molecule has 0 radical (unpaired) electrons. The number of β-amino-alcohol motifs (C(OH)–C–C–N with tert-alkyl or cyclic N) is 1. The number of thiazole rings is 1. The predicted molar refractivity (Wildman–Crippen MR) is 257 cm³/mol. The number of carbonyl (C=O) groups excluding carboxylic acids is 3. The molecule has 5 aromatic rings. The Morgan fingerprint density at radius 1 is 0.833 bits per heavy atom. The SMILES string of the molecule is Cc1ncsc1-c1ccc([C@H](C)NC(=O)C2C[C@@H](O)CN2C(=O)C(NC(=O)COCCOCCOCCOCCOc2ccc3nc(-c4ccc(N(C)C)cc4)ccc3c2)C(C)(C)C)cc1. The number of hydrogen-bond donors (Lipinski definition) is 3. The maximum atomic E-state index is 14.0. The van der Waals surface area contributed by atoms with Crippen LogP contribution < -0.4 is 20.3 Å². The van der Waals surface area contributed by atoms with E-state index >= 15 is 0 Å². The second-order valence-corrected chi connectivity index (χ2v) is 18.5. The van der Waals surface area contributed by atoms with Crippen molar-refractivity contribution in [3.63, 3.8) is 0 Å². The number of pyridine rings is 1. The zero-order chi connectivity index (χ0) is 47.2. The number of amides is 3. The fourth-order valence-electron chi connectivity index (χ4n) is 7.55. The van der Waals surface area contributed by atoms with Gasteiger partial charge in [-0.15, -0.1) is 11.3 Å². The molecule has 6 rings (SSSR count). The Hall–Kier alpha value is -5.49. The number of ether oxygens (including phenoxy) is 5. The van der Waals surface area contributed by atoms with Crippen LogP contribution in [0.4, 0.5) is 5.69 Å². The van der Waals surface area contributed by atoms with E-state index in [1.165, 1.54) is 4.90 Å². The Bertz CT molecular complexity index is 2350. The predicted octanol–water partition coefficient (Wildman–Crippen LogP) is 6.22. The molecule has 3 heterocycles. The fourth-order valence-corrected chi connectivity index (χ4v) is 8.36. The number of anilines is 1. The molecule has 16 heteroatoms. The van der Waals surface area contributed by atoms with Gasteiger partial charge in [0.2, 0.25) is 17.7 Å². The van der Waals surface area contributed by atoms with Crippen molar-refractivity contribution in [3.05, 3.63) is 95.6 Å². The molecule has 1 fully saturated rings. The highest BCUT2D eigenvalue weighted by atomic mass is 32.1. The zero-order valence-electron chi connectivity index (χ0n) is 39.1. The minimum atomic E-state index is -0.964. The van der Waals surface area contributed by atoms with Crippen LogP contribution >= 0.6 is 11.3 Å². The highest BCUT2D eigenvalue weighted by Crippen LogP contribution is 2.30. The molecule has 0 saturated carbocycles. The van der Waals surface area contributed by atoms with E-state index in [0.29, 0.717) is 39.6 Å². The van der Waals surface area contributed by atoms with E-state index in [4.69, 9.17) is 28.7 Å². The molecule has 4 atom stereocenters. The quantitative estimate of drug-likeness (QED) is 0.0633. The van der Waals surface area contributed by atoms with E-state index in [-0.39, 0.29) is 44.7 Å². The van der Waals surface area contributed by atoms with Gasteiger partial charge >= 0.3 is 0 Å². The molecule has 3 aromatic carbocycles. The van der Waals surface area contributed by atoms with Crippen molar-refractivity contribution in [2.24, 2.45) is 5.41 Å². The van der Waals surface area contributed by atoms with Crippen molar-refractivity contribution in [2.75, 3.05) is 85.0 Å². The summed E-state index contributed by atoms with van der Waals surface area (Å²) in [5.74, 6) is -0.538. The lowest BCUT2D eigenvalue weighted by molar-refractivity contribution is -0.144. The molecule has 1 aliphatic heterocycles. The summed E-state index contributed by atoms with van der Waals surface area (Å²) in [6, 6.07) is 24.0. The highest BCUT2D eigenvalue weighted by molar-refractivity contribution is 7.13. The molecule has 3 N–H and O–H groups in total. The monoisotopic (exact) mass is 924 g/mol. The van der Waals surface area contributed by atoms with Gasteiger partial charge in [-0.05, 0) is 66.8 Å². The van der Waals surface area contributed by atoms with Crippen molar-refractivity contribution < 1.29 is 43.2 Å². The number of aliphatic hydroxyl groups excluding tert-OH is 1. The largest absolute Gasteiger partial charge is 0.491 e. The van der Waals surface area contributed by atoms with Gasteiger partial charge in [-0.3, -0.25) is 14.4 Å². The molecule has 0 spiro atoms. The molecule has 15 nitrogen and oxygen atoms in total. The summed E-state index contributed by atoms with van der Waals surface area (Å²) in [6.07, 6.45) is -0.779. The minimum absolute atomic E-state index is 0.0165. The summed E-state index contributed by atoms with van der Waals surface area (Å²) in [7, 11) is 4.04. The Morgan fingerprint density at radius 3 is 2.09 bits per heavy atom. The molecular formula is C50H64N6O9S. The fraction of sp³-hybridized carbons (Fsp3) is 0.460. The average molecular weight is 925 g/mol. The Kier molecular flexibility index (Phi) is 18.0. The van der Waals surface area contributed by atoms with Crippen LogP contribution in [0.3, 0.4) is 0 Å². The summed E-state index contributed by atoms with van der Waals surface area (Å²) < 4.78 is 28.2. The van der Waals surface area contributed by atoms with Crippen LogP contribution in [0.1, 0.15) is 51.4 Å². The van der Waals surface area contributed by atoms with Crippen LogP contribution in [0.2, 0.25) is 0 Å². The maximum Gasteiger partial charge on any atom is 0.246 e. The van der Waals surface area contributed by atoms with Crippen molar-refractivity contribution in [3.8, 4) is 27.4 Å². The second kappa shape index (κ2) is 23.8. The minimum Gasteiger partial charge on any atom is -0.491 e. The lowest BCUT2D eigenvalue weighted by atomic mass is 9.85. The van der Waals surface area contributed by atoms with Gasteiger partial charge in [0.25, 0.3) is 0 Å². The van der Waals surface area contributed by atoms with Crippen molar-refractivity contribution >= 4 is 45.6 Å². The maximum absolute atomic E-state index is 14.0. The van der Waals surface area contributed by atoms with E-state index < -0.39 is 35.4 Å². The standard InChI is InChI=1S/C50H64N6O9S/c1-33(35-8-10-37(11-9-35)46-34(2)51-32-66-46)52-48(59)44-29-40(57)30-56(44)49(60)47(50(3,4)5)54-45(58)31-64-25-24-62-21-20-61-22-23-63-26-27-65-41-17-19-43-38(28-41)14-18-42(53-43)36-12-15-39(16-13-36)55(6)7/h8-19,28,32-33,40,44,47,57H,20-27,29-31H2,1-7H3,(H,52,59)(H,54,58)/t33-,40+,44?,47?/m0/s1. The lowest BCUT2D eigenvalue weighted by Crippen LogP contribution is -2.58. The first-order valence-electron chi connectivity index (χ1n) is 22.4. The van der Waals surface area contributed by atoms with Crippen LogP contribution in [0.5, 0.6) is 5.75 Å². The smallest absolute Gasteiger partial charge is 0.246 e. The van der Waals surface area contributed by atoms with Crippen LogP contribution in [-0.4, -0.2) is 136 Å². The molecule has 1 aliphatic rings. The molecule has 354 valence electrons. The van der Waals surface area contributed by atoms with E-state index in [1.54, 1.807) is 11.3 Å². The van der Waals surface area contributed by atoms with Crippen molar-refractivity contribution in [1.82, 2.24) is 25.5 Å². The van der Waals surface area contributed by atoms with E-state index in [1.807, 2.05) is 103 Å². The number of aliphatic hydroxyl groups is 1. The number of nitrogens with zero attached hydrogens (tertiary/aromatic N) is 4. The summed E-state index contributed by atoms with van der Waals surface area (Å²) in [4.78, 5) is 54.3. The number of benzene rings is 3. The van der Waals surface area contributed by atoms with Gasteiger partial charge in [0, 0.05) is 43.7 Å². The van der Waals surface area contributed by atoms with Crippen LogP contribution in [0.15, 0.2) is 84.4 Å². The number of aryl methyl sites for hydroxylation is 1. The second-order valence-electron chi connectivity index (χ2n) is 17.6. The number of hydrogen-bond acceptors (Lipinski definition) is 13. The number of likely N-dealkylation sites (tertiary alicyclic amines) is 1. The summed E-state index contributed by atoms with van der Waals surface area (Å²) >= 11 is 1.57. The molecular weight excluding hydrogens is 861 g/mol. The zero-order valence-corrected chi connectivity index (χ0v) is 39.9. The van der Waals surface area contributed by atoms with Gasteiger partial charge in [0.05, 0.1) is 85.7 Å². The molecule has 66 heavy (non-hydrogen) atoms. The lowest BCUT2D eigenvalue weighted by Gasteiger charge is -2.35. The van der Waals surface area contributed by atoms with Gasteiger partial charge in [-0.2, -0.15) is 0 Å². The van der Waals surface area contributed by atoms with Gasteiger partial charge in [0.1, 0.15) is 31.0 Å². The highest BCUT2D eigenvalue weighted by Gasteiger charge is 2.44. The van der Waals surface area contributed by atoms with Crippen LogP contribution in [-0.2, 0) is 33.3 Å². The number of nitrogens with one attached hydrogen (secondary N) is 2. The number of carbonyl (C=O) groups is 3. The topological polar surface area (TPSA) is 174 Å². The first kappa shape index (κ1) is 49.9. The third-order valence-electron chi connectivity index (χ3n) is 11.2. The van der Waals surface area contributed by atoms with E-state index in [2.05, 4.69) is 50.8 Å². The van der Waals surface area contributed by atoms with Gasteiger partial charge in [-0.25, -0.2) is 9.97 Å². The van der Waals surface area contributed by atoms with Gasteiger partial charge in [0.15, 0.2) is 0 Å². The first-order valence-corrected chi connectivity index (χ1v) is 23.3. The Labute approximate surface area is 391 Å². The van der Waals surface area contributed by atoms with Crippen molar-refractivity contribution in [2.45, 2.75) is 65.3 Å². The number of aromatic nitrogens is 2. The Morgan fingerprint density at radius 2 is 1.47 bits per heavy atom. The molecule has 2 unspecified atom stereocenters. The molecule has 3 amide bonds.